The van der Waals surface area contributed by atoms with E-state index in [1.54, 1.807) is 0 Å². The molecule has 1 saturated carbocycles. The third kappa shape index (κ3) is 19.5. The first-order valence-electron chi connectivity index (χ1n) is 15.3. The SMILES string of the molecule is CCCCCCCC(=O)OCC(COP(=O)(O)OC1C(O)C(O)C(OP(=O)(O)O)C(OP(=O)(O)O)C1O)OC(=O)CCCCCCC.N. The number of hydrogen-bond acceptors (Lipinski definition) is 15. The number of phosphoric ester groups is 3. The fourth-order valence-corrected chi connectivity index (χ4v) is 6.68. The van der Waals surface area contributed by atoms with Crippen molar-refractivity contribution in [3.63, 3.8) is 0 Å². The molecule has 0 aliphatic heterocycles. The molecule has 1 rings (SSSR count). The first-order chi connectivity index (χ1) is 21.8. The molecule has 0 bridgehead atoms. The molecule has 0 aromatic heterocycles. The number of phosphoric acid groups is 3. The summed E-state index contributed by atoms with van der Waals surface area (Å²) in [5.41, 5.74) is 0. The molecule has 0 saturated heterocycles. The van der Waals surface area contributed by atoms with Crippen LogP contribution in [-0.2, 0) is 50.9 Å². The van der Waals surface area contributed by atoms with E-state index in [2.05, 4.69) is 9.05 Å². The Labute approximate surface area is 279 Å². The lowest BCUT2D eigenvalue weighted by Gasteiger charge is -2.44. The van der Waals surface area contributed by atoms with Crippen LogP contribution in [0.5, 0.6) is 0 Å². The van der Waals surface area contributed by atoms with E-state index < -0.39 is 91.3 Å². The lowest BCUT2D eigenvalue weighted by molar-refractivity contribution is -0.213. The Balaban J connectivity index is 0.0000221. The molecule has 1 aliphatic carbocycles. The van der Waals surface area contributed by atoms with Gasteiger partial charge < -0.3 is 55.4 Å². The van der Waals surface area contributed by atoms with Gasteiger partial charge >= 0.3 is 35.4 Å². The highest BCUT2D eigenvalue weighted by atomic mass is 31.2. The van der Waals surface area contributed by atoms with E-state index in [4.69, 9.17) is 28.3 Å². The fourth-order valence-electron chi connectivity index (χ4n) is 4.58. The molecule has 286 valence electrons. The molecule has 1 fully saturated rings. The Morgan fingerprint density at radius 2 is 1.04 bits per heavy atom. The van der Waals surface area contributed by atoms with Crippen LogP contribution in [0.2, 0.25) is 0 Å². The van der Waals surface area contributed by atoms with Crippen LogP contribution in [0, 0.1) is 0 Å². The summed E-state index contributed by atoms with van der Waals surface area (Å²) in [7, 11) is -16.5. The third-order valence-electron chi connectivity index (χ3n) is 6.91. The molecule has 0 amide bonds. The van der Waals surface area contributed by atoms with E-state index in [0.29, 0.717) is 12.8 Å². The van der Waals surface area contributed by atoms with E-state index in [1.165, 1.54) is 0 Å². The van der Waals surface area contributed by atoms with Gasteiger partial charge in [0.15, 0.2) is 6.10 Å². The van der Waals surface area contributed by atoms with Crippen LogP contribution in [-0.4, -0.2) is 108 Å². The maximum absolute atomic E-state index is 12.8. The van der Waals surface area contributed by atoms with Gasteiger partial charge in [0.05, 0.1) is 6.61 Å². The molecule has 11 N–H and O–H groups in total. The Morgan fingerprint density at radius 3 is 1.52 bits per heavy atom. The van der Waals surface area contributed by atoms with Crippen LogP contribution in [0.25, 0.3) is 0 Å². The predicted octanol–water partition coefficient (Wildman–Crippen LogP) is 1.88. The lowest BCUT2D eigenvalue weighted by Crippen LogP contribution is -2.65. The topological polar surface area (TPSA) is 338 Å². The van der Waals surface area contributed by atoms with Crippen LogP contribution in [0.3, 0.4) is 0 Å². The minimum absolute atomic E-state index is 0. The van der Waals surface area contributed by atoms with Crippen LogP contribution < -0.4 is 6.15 Å². The molecule has 23 heteroatoms. The molecule has 0 heterocycles. The van der Waals surface area contributed by atoms with Gasteiger partial charge in [-0.05, 0) is 12.8 Å². The highest BCUT2D eigenvalue weighted by Gasteiger charge is 2.56. The predicted molar refractivity (Wildman–Crippen MR) is 165 cm³/mol. The van der Waals surface area contributed by atoms with Crippen LogP contribution in [0.4, 0.5) is 0 Å². The van der Waals surface area contributed by atoms with Gasteiger partial charge in [-0.25, -0.2) is 13.7 Å². The molecule has 0 spiro atoms. The van der Waals surface area contributed by atoms with Crippen molar-refractivity contribution in [2.45, 2.75) is 134 Å². The Bertz CT molecular complexity index is 1090. The summed E-state index contributed by atoms with van der Waals surface area (Å²) in [6.07, 6.45) is -7.79. The van der Waals surface area contributed by atoms with Gasteiger partial charge in [0.2, 0.25) is 0 Å². The zero-order chi connectivity index (χ0) is 35.8. The summed E-state index contributed by atoms with van der Waals surface area (Å²) >= 11 is 0. The summed E-state index contributed by atoms with van der Waals surface area (Å²) in [5.74, 6) is -1.33. The number of ether oxygens (including phenoxy) is 2. The summed E-state index contributed by atoms with van der Waals surface area (Å²) in [6, 6.07) is 0. The summed E-state index contributed by atoms with van der Waals surface area (Å²) in [5, 5.41) is 31.4. The average molecular weight is 764 g/mol. The quantitative estimate of drug-likeness (QED) is 0.0385. The number of rotatable bonds is 24. The van der Waals surface area contributed by atoms with Gasteiger partial charge in [-0.2, -0.15) is 0 Å². The molecular formula is C25H52NO19P3. The van der Waals surface area contributed by atoms with Crippen molar-refractivity contribution in [1.29, 1.82) is 0 Å². The number of carbonyl (C=O) groups excluding carboxylic acids is 2. The van der Waals surface area contributed by atoms with E-state index >= 15 is 0 Å². The summed E-state index contributed by atoms with van der Waals surface area (Å²) in [6.45, 7) is 2.59. The first kappa shape index (κ1) is 47.1. The van der Waals surface area contributed by atoms with Crippen molar-refractivity contribution in [2.24, 2.45) is 0 Å². The molecule has 0 radical (unpaired) electrons. The fraction of sp³-hybridized carbons (Fsp3) is 0.920. The summed E-state index contributed by atoms with van der Waals surface area (Å²) in [4.78, 5) is 71.6. The maximum Gasteiger partial charge on any atom is 0.472 e. The van der Waals surface area contributed by atoms with Gasteiger partial charge in [0, 0.05) is 12.8 Å². The van der Waals surface area contributed by atoms with Crippen molar-refractivity contribution >= 4 is 35.4 Å². The van der Waals surface area contributed by atoms with Gasteiger partial charge in [-0.1, -0.05) is 65.2 Å². The van der Waals surface area contributed by atoms with Crippen molar-refractivity contribution in [3.8, 4) is 0 Å². The van der Waals surface area contributed by atoms with Crippen molar-refractivity contribution in [1.82, 2.24) is 6.15 Å². The second-order valence-corrected chi connectivity index (χ2v) is 14.8. The number of aliphatic hydroxyl groups is 3. The second kappa shape index (κ2) is 22.8. The van der Waals surface area contributed by atoms with Gasteiger partial charge in [0.1, 0.15) is 43.2 Å². The zero-order valence-electron chi connectivity index (χ0n) is 27.1. The van der Waals surface area contributed by atoms with E-state index in [-0.39, 0.29) is 19.0 Å². The minimum Gasteiger partial charge on any atom is -0.462 e. The third-order valence-corrected chi connectivity index (χ3v) is 8.94. The van der Waals surface area contributed by atoms with Crippen molar-refractivity contribution in [3.05, 3.63) is 0 Å². The molecule has 8 unspecified atom stereocenters. The van der Waals surface area contributed by atoms with Gasteiger partial charge in [-0.3, -0.25) is 27.7 Å². The number of unbranched alkanes of at least 4 members (excludes halogenated alkanes) is 8. The molecule has 0 aromatic rings. The van der Waals surface area contributed by atoms with Crippen LogP contribution in [0.15, 0.2) is 0 Å². The zero-order valence-corrected chi connectivity index (χ0v) is 29.7. The average Bonchev–Trinajstić information content (AvgIpc) is 2.96. The summed E-state index contributed by atoms with van der Waals surface area (Å²) < 4.78 is 64.2. The number of esters is 2. The number of carbonyl (C=O) groups is 2. The van der Waals surface area contributed by atoms with E-state index in [9.17, 15) is 53.3 Å². The monoisotopic (exact) mass is 763 g/mol. The van der Waals surface area contributed by atoms with E-state index in [0.717, 1.165) is 51.4 Å². The maximum atomic E-state index is 12.8. The smallest absolute Gasteiger partial charge is 0.462 e. The standard InChI is InChI=1S/C25H49O19P3.H3N/c1-3-5-7-9-11-13-18(26)39-15-17(41-19(27)14-12-10-8-6-4-2)16-40-47(37,38)44-23-20(28)21(29)24(42-45(31,32)33)25(22(23)30)43-46(34,35)36;/h17,20-25,28-30H,3-16H2,1-2H3,(H,37,38)(H2,31,32,33)(H2,34,35,36);1H3. The van der Waals surface area contributed by atoms with Crippen LogP contribution >= 0.6 is 23.5 Å². The molecule has 20 nitrogen and oxygen atoms in total. The molecule has 0 aromatic carbocycles. The Kier molecular flexibility index (Phi) is 22.4. The normalized spacial score (nSPS) is 25.0. The van der Waals surface area contributed by atoms with Crippen molar-refractivity contribution < 1.29 is 90.6 Å². The van der Waals surface area contributed by atoms with Crippen LogP contribution in [0.1, 0.15) is 90.9 Å². The van der Waals surface area contributed by atoms with Crippen molar-refractivity contribution in [2.75, 3.05) is 13.2 Å². The molecule has 1 aliphatic rings. The molecule has 8 atom stereocenters. The Morgan fingerprint density at radius 1 is 0.604 bits per heavy atom. The molecule has 48 heavy (non-hydrogen) atoms. The van der Waals surface area contributed by atoms with E-state index in [1.807, 2.05) is 13.8 Å². The number of aliphatic hydroxyl groups excluding tert-OH is 3. The Hall–Kier alpha value is -0.890. The lowest BCUT2D eigenvalue weighted by atomic mass is 9.85. The first-order valence-corrected chi connectivity index (χ1v) is 19.9. The van der Waals surface area contributed by atoms with Gasteiger partial charge in [0.25, 0.3) is 0 Å². The molecular weight excluding hydrogens is 711 g/mol. The largest absolute Gasteiger partial charge is 0.472 e. The highest BCUT2D eigenvalue weighted by Crippen LogP contribution is 2.51. The number of hydrogen-bond donors (Lipinski definition) is 9. The highest BCUT2D eigenvalue weighted by molar-refractivity contribution is 7.47. The second-order valence-electron chi connectivity index (χ2n) is 11.1. The minimum atomic E-state index is -5.57. The van der Waals surface area contributed by atoms with Gasteiger partial charge in [-0.15, -0.1) is 0 Å².